The molecule has 3 N–H and O–H groups in total. The van der Waals surface area contributed by atoms with Gasteiger partial charge in [0.15, 0.2) is 0 Å². The molecule has 0 bridgehead atoms. The van der Waals surface area contributed by atoms with Crippen molar-refractivity contribution in [3.8, 4) is 11.8 Å². The minimum Gasteiger partial charge on any atom is -0.491 e. The van der Waals surface area contributed by atoms with E-state index in [-0.39, 0.29) is 5.41 Å². The van der Waals surface area contributed by atoms with Gasteiger partial charge in [0.05, 0.1) is 11.4 Å². The van der Waals surface area contributed by atoms with Crippen molar-refractivity contribution >= 4 is 23.4 Å². The Labute approximate surface area is 185 Å². The van der Waals surface area contributed by atoms with Gasteiger partial charge in [-0.2, -0.15) is 5.26 Å². The van der Waals surface area contributed by atoms with Crippen LogP contribution in [0.3, 0.4) is 0 Å². The highest BCUT2D eigenvalue weighted by Gasteiger charge is 2.26. The topological polar surface area (TPSA) is 82.9 Å². The first-order valence-corrected chi connectivity index (χ1v) is 10.8. The summed E-state index contributed by atoms with van der Waals surface area (Å²) in [6.45, 7) is 10.7. The van der Waals surface area contributed by atoms with Crippen LogP contribution in [0.4, 0.5) is 0 Å². The van der Waals surface area contributed by atoms with Crippen molar-refractivity contribution in [2.45, 2.75) is 46.5 Å². The lowest BCUT2D eigenvalue weighted by Gasteiger charge is -2.28. The molecule has 0 saturated heterocycles. The normalized spacial score (nSPS) is 11.2. The van der Waals surface area contributed by atoms with Gasteiger partial charge in [0.1, 0.15) is 18.4 Å². The van der Waals surface area contributed by atoms with E-state index in [1.54, 1.807) is 0 Å². The van der Waals surface area contributed by atoms with Crippen LogP contribution < -0.4 is 10.5 Å². The fraction of sp³-hybridized carbons (Fsp3) is 0.360. The monoisotopic (exact) mass is 425 g/mol. The van der Waals surface area contributed by atoms with Crippen LogP contribution in [0, 0.1) is 16.7 Å². The Balaban J connectivity index is 0.00000218. The van der Waals surface area contributed by atoms with E-state index in [1.165, 1.54) is 12.4 Å². The number of ether oxygens (including phenoxy) is 1. The summed E-state index contributed by atoms with van der Waals surface area (Å²) in [5, 5.41) is 17.1. The highest BCUT2D eigenvalue weighted by atomic mass is 35.5. The van der Waals surface area contributed by atoms with Gasteiger partial charge in [0.25, 0.3) is 0 Å². The predicted molar refractivity (Wildman–Crippen MR) is 128 cm³/mol. The second-order valence-electron chi connectivity index (χ2n) is 6.98. The van der Waals surface area contributed by atoms with Crippen molar-refractivity contribution in [1.29, 1.82) is 10.7 Å². The smallest absolute Gasteiger partial charge is 0.140 e. The highest BCUT2D eigenvalue weighted by Crippen LogP contribution is 2.36. The molecule has 0 saturated carbocycles. The molecule has 0 atom stereocenters. The Bertz CT molecular complexity index is 909. The van der Waals surface area contributed by atoms with Crippen LogP contribution in [0.2, 0.25) is 0 Å². The molecule has 0 spiro atoms. The zero-order chi connectivity index (χ0) is 22.7. The van der Waals surface area contributed by atoms with Crippen LogP contribution in [0.25, 0.3) is 5.57 Å². The molecule has 0 radical (unpaired) electrons. The van der Waals surface area contributed by atoms with Crippen LogP contribution in [0.15, 0.2) is 42.6 Å². The summed E-state index contributed by atoms with van der Waals surface area (Å²) in [5.41, 5.74) is 10.5. The molecule has 4 nitrogen and oxygen atoms in total. The van der Waals surface area contributed by atoms with Gasteiger partial charge in [-0.05, 0) is 34.7 Å². The lowest BCUT2D eigenvalue weighted by Crippen LogP contribution is -2.20. The minimum absolute atomic E-state index is 0.309. The van der Waals surface area contributed by atoms with E-state index in [1.807, 2.05) is 51.1 Å². The van der Waals surface area contributed by atoms with E-state index in [9.17, 15) is 5.26 Å². The predicted octanol–water partition coefficient (Wildman–Crippen LogP) is 6.04. The maximum Gasteiger partial charge on any atom is 0.140 e. The summed E-state index contributed by atoms with van der Waals surface area (Å²) in [5.74, 6) is 1.01. The van der Waals surface area contributed by atoms with Gasteiger partial charge in [0, 0.05) is 23.4 Å². The van der Waals surface area contributed by atoms with E-state index in [4.69, 9.17) is 27.5 Å². The van der Waals surface area contributed by atoms with Gasteiger partial charge in [0.2, 0.25) is 0 Å². The van der Waals surface area contributed by atoms with Crippen molar-refractivity contribution in [3.05, 3.63) is 70.4 Å². The quantitative estimate of drug-likeness (QED) is 0.399. The molecule has 0 aromatic heterocycles. The highest BCUT2D eigenvalue weighted by molar-refractivity contribution is 6.18. The number of alkyl halides is 1. The molecule has 0 aliphatic heterocycles. The third-order valence-corrected chi connectivity index (χ3v) is 5.14. The number of nitrogens with one attached hydrogen (secondary N) is 1. The molecule has 2 aromatic carbocycles. The van der Waals surface area contributed by atoms with E-state index in [0.29, 0.717) is 29.4 Å². The van der Waals surface area contributed by atoms with Crippen molar-refractivity contribution in [3.63, 3.8) is 0 Å². The molecule has 0 fully saturated rings. The number of aryl methyl sites for hydroxylation is 1. The first-order valence-electron chi connectivity index (χ1n) is 10.2. The van der Waals surface area contributed by atoms with Crippen molar-refractivity contribution in [2.75, 3.05) is 12.5 Å². The number of hydrogen-bond acceptors (Lipinski definition) is 4. The summed E-state index contributed by atoms with van der Waals surface area (Å²) in [4.78, 5) is 0. The molecule has 0 heterocycles. The lowest BCUT2D eigenvalue weighted by atomic mass is 9.76. The van der Waals surface area contributed by atoms with Crippen LogP contribution in [-0.2, 0) is 11.8 Å². The number of benzene rings is 2. The summed E-state index contributed by atoms with van der Waals surface area (Å²) < 4.78 is 5.75. The summed E-state index contributed by atoms with van der Waals surface area (Å²) >= 11 is 5.75. The number of nitrogens with zero attached hydrogens (tertiary/aromatic N) is 1. The molecule has 0 unspecified atom stereocenters. The van der Waals surface area contributed by atoms with Gasteiger partial charge >= 0.3 is 0 Å². The maximum absolute atomic E-state index is 9.65. The zero-order valence-electron chi connectivity index (χ0n) is 18.6. The van der Waals surface area contributed by atoms with E-state index < -0.39 is 0 Å². The van der Waals surface area contributed by atoms with Gasteiger partial charge in [-0.3, -0.25) is 0 Å². The summed E-state index contributed by atoms with van der Waals surface area (Å²) in [6.07, 6.45) is 3.44. The largest absolute Gasteiger partial charge is 0.491 e. The molecule has 0 amide bonds. The number of allylic oxidation sites excluding steroid dienone is 1. The van der Waals surface area contributed by atoms with Crippen LogP contribution in [0.1, 0.15) is 62.4 Å². The Morgan fingerprint density at radius 1 is 1.20 bits per heavy atom. The third kappa shape index (κ3) is 5.64. The van der Waals surface area contributed by atoms with Gasteiger partial charge < -0.3 is 15.9 Å². The Hall–Kier alpha value is -2.77. The first-order chi connectivity index (χ1) is 14.4. The van der Waals surface area contributed by atoms with Crippen LogP contribution in [-0.4, -0.2) is 18.7 Å². The molecule has 30 heavy (non-hydrogen) atoms. The van der Waals surface area contributed by atoms with Gasteiger partial charge in [-0.1, -0.05) is 65.0 Å². The van der Waals surface area contributed by atoms with Crippen LogP contribution in [0.5, 0.6) is 5.75 Å². The second-order valence-corrected chi connectivity index (χ2v) is 7.36. The van der Waals surface area contributed by atoms with E-state index >= 15 is 0 Å². The average molecular weight is 426 g/mol. The molecule has 5 heteroatoms. The molecule has 2 rings (SSSR count). The third-order valence-electron chi connectivity index (χ3n) is 4.99. The average Bonchev–Trinajstić information content (AvgIpc) is 2.79. The fourth-order valence-electron chi connectivity index (χ4n) is 3.18. The minimum atomic E-state index is -0.309. The first kappa shape index (κ1) is 25.3. The number of hydrogen-bond donors (Lipinski definition) is 2. The fourth-order valence-corrected chi connectivity index (χ4v) is 3.26. The molecule has 2 aromatic rings. The van der Waals surface area contributed by atoms with Crippen molar-refractivity contribution in [2.24, 2.45) is 5.73 Å². The molecule has 160 valence electrons. The molecule has 0 aliphatic carbocycles. The number of halogens is 1. The van der Waals surface area contributed by atoms with E-state index in [0.717, 1.165) is 28.7 Å². The van der Waals surface area contributed by atoms with Gasteiger partial charge in [-0.15, -0.1) is 11.6 Å². The standard InChI is InChI=1S/C23H26ClN3O.C2H6/c1-4-16-11-21(12-18(13-25)22(16)28-10-9-24)23(2,3)20-7-5-17(6-8-20)19(14-26)15-27;1-2/h5-8,11-12,14-15,26H,4,9-10,27H2,1-3H3;1-2H3/b19-15+,26-14?;. The van der Waals surface area contributed by atoms with Gasteiger partial charge in [-0.25, -0.2) is 0 Å². The number of nitriles is 1. The zero-order valence-corrected chi connectivity index (χ0v) is 19.3. The SMILES string of the molecule is CC.CCc1cc(C(C)(C)c2ccc(/C(C=N)=C/N)cc2)cc(C#N)c1OCCCl. The maximum atomic E-state index is 9.65. The number of rotatable bonds is 8. The Kier molecular flexibility index (Phi) is 10.1. The van der Waals surface area contributed by atoms with Crippen LogP contribution >= 0.6 is 11.6 Å². The Morgan fingerprint density at radius 2 is 1.83 bits per heavy atom. The van der Waals surface area contributed by atoms with Crippen molar-refractivity contribution < 1.29 is 4.74 Å². The molecule has 0 aliphatic rings. The summed E-state index contributed by atoms with van der Waals surface area (Å²) in [7, 11) is 0. The van der Waals surface area contributed by atoms with E-state index in [2.05, 4.69) is 26.0 Å². The lowest BCUT2D eigenvalue weighted by molar-refractivity contribution is 0.338. The molecular formula is C25H32ClN3O. The Morgan fingerprint density at radius 3 is 2.30 bits per heavy atom. The number of nitrogens with two attached hydrogens (primary N) is 1. The molecular weight excluding hydrogens is 394 g/mol. The summed E-state index contributed by atoms with van der Waals surface area (Å²) in [6, 6.07) is 14.3. The second kappa shape index (κ2) is 12.0. The van der Waals surface area contributed by atoms with Crippen molar-refractivity contribution in [1.82, 2.24) is 0 Å².